The van der Waals surface area contributed by atoms with E-state index in [1.54, 1.807) is 0 Å². The molecule has 0 aliphatic rings. The molecule has 0 aliphatic heterocycles. The predicted octanol–water partition coefficient (Wildman–Crippen LogP) is 7.31. The van der Waals surface area contributed by atoms with Crippen molar-refractivity contribution in [3.8, 4) is 0 Å². The van der Waals surface area contributed by atoms with Crippen molar-refractivity contribution in [3.05, 3.63) is 107 Å². The van der Waals surface area contributed by atoms with Gasteiger partial charge in [0.1, 0.15) is 0 Å². The smallest absolute Gasteiger partial charge is 0.00979 e. The van der Waals surface area contributed by atoms with Gasteiger partial charge >= 0.3 is 0 Å². The first-order valence-corrected chi connectivity index (χ1v) is 10.5. The van der Waals surface area contributed by atoms with Gasteiger partial charge in [-0.25, -0.2) is 0 Å². The number of benzene rings is 3. The quantitative estimate of drug-likeness (QED) is 0.227. The van der Waals surface area contributed by atoms with Gasteiger partial charge in [-0.15, -0.1) is 0 Å². The van der Waals surface area contributed by atoms with Crippen molar-refractivity contribution in [2.45, 2.75) is 32.1 Å². The lowest BCUT2D eigenvalue weighted by Gasteiger charge is -2.10. The number of rotatable bonds is 9. The second-order valence-electron chi connectivity index (χ2n) is 6.92. The third-order valence-electron chi connectivity index (χ3n) is 4.83. The molecule has 0 aliphatic carbocycles. The van der Waals surface area contributed by atoms with Crippen LogP contribution in [-0.4, -0.2) is 5.75 Å². The summed E-state index contributed by atoms with van der Waals surface area (Å²) in [7, 11) is 0. The van der Waals surface area contributed by atoms with E-state index in [1.165, 1.54) is 53.5 Å². The molecule has 0 N–H and O–H groups in total. The van der Waals surface area contributed by atoms with Gasteiger partial charge in [0.2, 0.25) is 0 Å². The van der Waals surface area contributed by atoms with Gasteiger partial charge in [0.15, 0.2) is 0 Å². The Morgan fingerprint density at radius 1 is 0.630 bits per heavy atom. The Balaban J connectivity index is 1.78. The molecule has 1 heteroatoms. The maximum absolute atomic E-state index is 4.28. The van der Waals surface area contributed by atoms with E-state index in [0.717, 1.165) is 12.2 Å². The standard InChI is InChI=1S/C26H28S/c27-20-10-2-1-5-11-22-16-18-25(19-17-22)26(24-14-8-4-9-15-24)21-23-12-6-3-7-13-23/h3-4,6-9,12-19,21,27H,1-2,5,10-11,20H2. The molecule has 0 aromatic heterocycles. The Morgan fingerprint density at radius 3 is 1.89 bits per heavy atom. The number of aryl methyl sites for hydroxylation is 1. The highest BCUT2D eigenvalue weighted by atomic mass is 32.1. The summed E-state index contributed by atoms with van der Waals surface area (Å²) in [6.07, 6.45) is 8.52. The molecule has 0 saturated carbocycles. The van der Waals surface area contributed by atoms with Crippen molar-refractivity contribution in [2.24, 2.45) is 0 Å². The zero-order valence-corrected chi connectivity index (χ0v) is 16.7. The van der Waals surface area contributed by atoms with Crippen molar-refractivity contribution in [1.82, 2.24) is 0 Å². The van der Waals surface area contributed by atoms with E-state index in [9.17, 15) is 0 Å². The average molecular weight is 373 g/mol. The molecule has 0 saturated heterocycles. The van der Waals surface area contributed by atoms with Crippen LogP contribution in [0.4, 0.5) is 0 Å². The van der Waals surface area contributed by atoms with E-state index in [1.807, 2.05) is 0 Å². The third-order valence-corrected chi connectivity index (χ3v) is 5.15. The van der Waals surface area contributed by atoms with Crippen LogP contribution in [0.25, 0.3) is 11.6 Å². The van der Waals surface area contributed by atoms with Crippen LogP contribution >= 0.6 is 12.6 Å². The van der Waals surface area contributed by atoms with Crippen LogP contribution in [-0.2, 0) is 6.42 Å². The SMILES string of the molecule is SCCCCCCc1ccc(C(=Cc2ccccc2)c2ccccc2)cc1. The van der Waals surface area contributed by atoms with E-state index in [4.69, 9.17) is 0 Å². The summed E-state index contributed by atoms with van der Waals surface area (Å²) in [5.41, 5.74) is 6.44. The molecule has 0 radical (unpaired) electrons. The largest absolute Gasteiger partial charge is 0.179 e. The van der Waals surface area contributed by atoms with Gasteiger partial charge in [-0.3, -0.25) is 0 Å². The molecule has 0 bridgehead atoms. The fourth-order valence-electron chi connectivity index (χ4n) is 3.31. The van der Waals surface area contributed by atoms with Gasteiger partial charge in [-0.2, -0.15) is 12.6 Å². The van der Waals surface area contributed by atoms with Gasteiger partial charge in [0.25, 0.3) is 0 Å². The maximum atomic E-state index is 4.28. The van der Waals surface area contributed by atoms with Crippen molar-refractivity contribution < 1.29 is 0 Å². The van der Waals surface area contributed by atoms with Gasteiger partial charge < -0.3 is 0 Å². The summed E-state index contributed by atoms with van der Waals surface area (Å²) in [6, 6.07) is 30.3. The minimum absolute atomic E-state index is 1.00. The molecule has 0 spiro atoms. The maximum Gasteiger partial charge on any atom is -0.00979 e. The molecule has 0 fully saturated rings. The van der Waals surface area contributed by atoms with Crippen LogP contribution in [0.3, 0.4) is 0 Å². The lowest BCUT2D eigenvalue weighted by Crippen LogP contribution is -1.91. The van der Waals surface area contributed by atoms with E-state index in [0.29, 0.717) is 0 Å². The molecular formula is C26H28S. The molecule has 27 heavy (non-hydrogen) atoms. The first-order valence-electron chi connectivity index (χ1n) is 9.89. The Morgan fingerprint density at radius 2 is 1.22 bits per heavy atom. The van der Waals surface area contributed by atoms with Crippen molar-refractivity contribution in [2.75, 3.05) is 5.75 Å². The molecule has 0 unspecified atom stereocenters. The van der Waals surface area contributed by atoms with Crippen LogP contribution < -0.4 is 0 Å². The van der Waals surface area contributed by atoms with Crippen molar-refractivity contribution in [1.29, 1.82) is 0 Å². The summed E-state index contributed by atoms with van der Waals surface area (Å²) < 4.78 is 0. The van der Waals surface area contributed by atoms with Gasteiger partial charge in [0.05, 0.1) is 0 Å². The zero-order chi connectivity index (χ0) is 18.7. The summed E-state index contributed by atoms with van der Waals surface area (Å²) in [5, 5.41) is 0. The minimum atomic E-state index is 1.00. The van der Waals surface area contributed by atoms with Crippen molar-refractivity contribution in [3.63, 3.8) is 0 Å². The highest BCUT2D eigenvalue weighted by Crippen LogP contribution is 2.26. The summed E-state index contributed by atoms with van der Waals surface area (Å²) in [6.45, 7) is 0. The number of thiol groups is 1. The Kier molecular flexibility index (Phi) is 7.80. The summed E-state index contributed by atoms with van der Waals surface area (Å²) >= 11 is 4.28. The van der Waals surface area contributed by atoms with Crippen LogP contribution in [0, 0.1) is 0 Å². The zero-order valence-electron chi connectivity index (χ0n) is 15.9. The number of hydrogen-bond donors (Lipinski definition) is 1. The van der Waals surface area contributed by atoms with Crippen LogP contribution in [0.15, 0.2) is 84.9 Å². The topological polar surface area (TPSA) is 0 Å². The number of hydrogen-bond acceptors (Lipinski definition) is 1. The van der Waals surface area contributed by atoms with Gasteiger partial charge in [0, 0.05) is 0 Å². The first-order chi connectivity index (χ1) is 13.4. The highest BCUT2D eigenvalue weighted by Gasteiger charge is 2.05. The monoisotopic (exact) mass is 372 g/mol. The molecule has 0 nitrogen and oxygen atoms in total. The first kappa shape index (κ1) is 19.5. The molecule has 0 heterocycles. The average Bonchev–Trinajstić information content (AvgIpc) is 2.74. The second kappa shape index (κ2) is 10.8. The van der Waals surface area contributed by atoms with E-state index in [-0.39, 0.29) is 0 Å². The van der Waals surface area contributed by atoms with E-state index >= 15 is 0 Å². The predicted molar refractivity (Wildman–Crippen MR) is 122 cm³/mol. The Hall–Kier alpha value is -2.25. The summed E-state index contributed by atoms with van der Waals surface area (Å²) in [4.78, 5) is 0. The molecular weight excluding hydrogens is 344 g/mol. The molecule has 138 valence electrons. The van der Waals surface area contributed by atoms with Gasteiger partial charge in [-0.05, 0) is 58.9 Å². The number of unbranched alkanes of at least 4 members (excludes halogenated alkanes) is 3. The molecule has 3 aromatic rings. The molecule has 0 amide bonds. The normalized spacial score (nSPS) is 11.5. The fourth-order valence-corrected chi connectivity index (χ4v) is 3.54. The van der Waals surface area contributed by atoms with E-state index < -0.39 is 0 Å². The van der Waals surface area contributed by atoms with Crippen LogP contribution in [0.2, 0.25) is 0 Å². The Labute approximate surface area is 169 Å². The van der Waals surface area contributed by atoms with Gasteiger partial charge in [-0.1, -0.05) is 97.8 Å². The third kappa shape index (κ3) is 6.15. The summed E-state index contributed by atoms with van der Waals surface area (Å²) in [5.74, 6) is 1.00. The molecule has 3 rings (SSSR count). The second-order valence-corrected chi connectivity index (χ2v) is 7.37. The minimum Gasteiger partial charge on any atom is -0.179 e. The van der Waals surface area contributed by atoms with Crippen molar-refractivity contribution >= 4 is 24.3 Å². The highest BCUT2D eigenvalue weighted by molar-refractivity contribution is 7.80. The van der Waals surface area contributed by atoms with E-state index in [2.05, 4.69) is 104 Å². The fraction of sp³-hybridized carbons (Fsp3) is 0.231. The molecule has 3 aromatic carbocycles. The lowest BCUT2D eigenvalue weighted by molar-refractivity contribution is 0.671. The lowest BCUT2D eigenvalue weighted by atomic mass is 9.94. The molecule has 0 atom stereocenters. The van der Waals surface area contributed by atoms with Crippen LogP contribution in [0.5, 0.6) is 0 Å². The van der Waals surface area contributed by atoms with Crippen LogP contribution in [0.1, 0.15) is 47.9 Å². The Bertz CT molecular complexity index is 817.